The molecule has 0 amide bonds. The van der Waals surface area contributed by atoms with E-state index in [1.54, 1.807) is 0 Å². The van der Waals surface area contributed by atoms with Crippen LogP contribution in [0.5, 0.6) is 0 Å². The molecule has 0 N–H and O–H groups in total. The van der Waals surface area contributed by atoms with Crippen LogP contribution in [0.2, 0.25) is 0 Å². The summed E-state index contributed by atoms with van der Waals surface area (Å²) >= 11 is 0. The molecule has 4 aromatic carbocycles. The van der Waals surface area contributed by atoms with Gasteiger partial charge in [-0.3, -0.25) is 14.4 Å². The van der Waals surface area contributed by atoms with Crippen molar-refractivity contribution in [3.05, 3.63) is 131 Å². The molecule has 7 heteroatoms. The molecule has 6 heterocycles. The van der Waals surface area contributed by atoms with E-state index in [9.17, 15) is 0 Å². The number of aryl methyl sites for hydroxylation is 2. The zero-order chi connectivity index (χ0) is 42.0. The van der Waals surface area contributed by atoms with Crippen LogP contribution in [0.3, 0.4) is 0 Å². The van der Waals surface area contributed by atoms with E-state index < -0.39 is 0 Å². The van der Waals surface area contributed by atoms with Gasteiger partial charge in [-0.05, 0) is 144 Å². The Labute approximate surface area is 373 Å². The second-order valence-corrected chi connectivity index (χ2v) is 18.8. The average molecular weight is 982 g/mol. The minimum Gasteiger partial charge on any atom is -0.348 e. The number of fused-ring (bicyclic) bond motifs is 16. The van der Waals surface area contributed by atoms with Crippen LogP contribution in [0.15, 0.2) is 91.0 Å². The molecule has 0 spiro atoms. The van der Waals surface area contributed by atoms with Gasteiger partial charge in [-0.2, -0.15) is 0 Å². The Morgan fingerprint density at radius 2 is 0.902 bits per heavy atom. The maximum Gasteiger partial charge on any atom is 0.147 e. The quantitative estimate of drug-likeness (QED) is 0.112. The van der Waals surface area contributed by atoms with Crippen molar-refractivity contribution in [2.24, 2.45) is 23.7 Å². The summed E-state index contributed by atoms with van der Waals surface area (Å²) in [5.41, 5.74) is 18.6. The van der Waals surface area contributed by atoms with Gasteiger partial charge >= 0.3 is 0 Å². The van der Waals surface area contributed by atoms with Crippen LogP contribution in [-0.2, 0) is 45.8 Å². The monoisotopic (exact) mass is 982 g/mol. The molecular weight excluding hydrogens is 925 g/mol. The standard InChI is InChI=1S/C27H29N3.C27H28N3.Ir/c2*1-16(2)12-19-14-23-25(15-20(19)13-17(3)4)30-24-9-7-6-8-21(24)26-22(27(30)29-23)11-10-18(5)28-26;/h6-11,14-17H,12-13H2,1-5H3;6-10,14-17H,12-13H2,1-5H3;/q;-1;. The molecule has 6 nitrogen and oxygen atoms in total. The molecule has 1 radical (unpaired) electrons. The van der Waals surface area contributed by atoms with Gasteiger partial charge in [-0.1, -0.05) is 104 Å². The maximum atomic E-state index is 5.13. The summed E-state index contributed by atoms with van der Waals surface area (Å²) in [5, 5.41) is 4.44. The number of hydrogen-bond acceptors (Lipinski definition) is 4. The van der Waals surface area contributed by atoms with Crippen LogP contribution in [0, 0.1) is 43.6 Å². The van der Waals surface area contributed by atoms with Crippen LogP contribution < -0.4 is 0 Å². The molecule has 0 bridgehead atoms. The molecule has 0 saturated heterocycles. The van der Waals surface area contributed by atoms with E-state index in [4.69, 9.17) is 19.9 Å². The van der Waals surface area contributed by atoms with E-state index in [2.05, 4.69) is 162 Å². The van der Waals surface area contributed by atoms with Crippen LogP contribution in [0.25, 0.3) is 77.0 Å². The SMILES string of the molecule is Cc1c[c-]c2c(n1)c1ccccc1n1c3cc(CC(C)C)c(CC(C)C)cc3nc21.Cc1ccc2c(n1)c1ccccc1n1c3cc(CC(C)C)c(CC(C)C)cc3nc21.[Ir]. The summed E-state index contributed by atoms with van der Waals surface area (Å²) in [6.07, 6.45) is 4.36. The summed E-state index contributed by atoms with van der Waals surface area (Å²) in [6.45, 7) is 22.4. The van der Waals surface area contributed by atoms with E-state index in [0.29, 0.717) is 23.7 Å². The number of imidazole rings is 2. The predicted octanol–water partition coefficient (Wildman–Crippen LogP) is 13.6. The smallest absolute Gasteiger partial charge is 0.147 e. The van der Waals surface area contributed by atoms with Crippen molar-refractivity contribution in [1.29, 1.82) is 0 Å². The topological polar surface area (TPSA) is 60.4 Å². The number of benzene rings is 4. The van der Waals surface area contributed by atoms with E-state index in [1.807, 2.05) is 13.0 Å². The third kappa shape index (κ3) is 7.92. The molecule has 10 rings (SSSR count). The number of aromatic nitrogens is 6. The van der Waals surface area contributed by atoms with Gasteiger partial charge in [0.05, 0.1) is 38.7 Å². The molecular formula is C54H57IrN6-. The van der Waals surface area contributed by atoms with Crippen molar-refractivity contribution in [2.75, 3.05) is 0 Å². The molecule has 10 aromatic rings. The Balaban J connectivity index is 0.000000166. The van der Waals surface area contributed by atoms with Crippen molar-refractivity contribution in [1.82, 2.24) is 28.7 Å². The van der Waals surface area contributed by atoms with Crippen molar-refractivity contribution < 1.29 is 20.1 Å². The largest absolute Gasteiger partial charge is 0.348 e. The molecule has 0 aliphatic heterocycles. The third-order valence-electron chi connectivity index (χ3n) is 11.7. The number of pyridine rings is 4. The summed E-state index contributed by atoms with van der Waals surface area (Å²) in [5.74, 6) is 2.48. The van der Waals surface area contributed by atoms with Gasteiger partial charge in [-0.15, -0.1) is 12.1 Å². The minimum atomic E-state index is 0. The first kappa shape index (κ1) is 42.5. The molecule has 61 heavy (non-hydrogen) atoms. The van der Waals surface area contributed by atoms with Gasteiger partial charge in [0, 0.05) is 42.1 Å². The van der Waals surface area contributed by atoms with Crippen LogP contribution in [0.4, 0.5) is 0 Å². The van der Waals surface area contributed by atoms with Gasteiger partial charge in [0.25, 0.3) is 0 Å². The first-order valence-electron chi connectivity index (χ1n) is 22.0. The Morgan fingerprint density at radius 1 is 0.459 bits per heavy atom. The zero-order valence-electron chi connectivity index (χ0n) is 37.3. The fraction of sp³-hybridized carbons (Fsp3) is 0.333. The Bertz CT molecular complexity index is 3040. The Hall–Kier alpha value is -5.23. The van der Waals surface area contributed by atoms with E-state index in [-0.39, 0.29) is 20.1 Å². The minimum absolute atomic E-state index is 0. The maximum absolute atomic E-state index is 5.13. The predicted molar refractivity (Wildman–Crippen MR) is 253 cm³/mol. The Morgan fingerprint density at radius 3 is 1.43 bits per heavy atom. The van der Waals surface area contributed by atoms with Crippen LogP contribution >= 0.6 is 0 Å². The van der Waals surface area contributed by atoms with Gasteiger partial charge in [0.1, 0.15) is 5.65 Å². The van der Waals surface area contributed by atoms with E-state index >= 15 is 0 Å². The molecule has 313 valence electrons. The summed E-state index contributed by atoms with van der Waals surface area (Å²) < 4.78 is 4.65. The molecule has 0 aliphatic carbocycles. The molecule has 0 aliphatic rings. The van der Waals surface area contributed by atoms with Gasteiger partial charge < -0.3 is 9.38 Å². The molecule has 6 aromatic heterocycles. The number of hydrogen-bond donors (Lipinski definition) is 0. The first-order valence-corrected chi connectivity index (χ1v) is 22.0. The van der Waals surface area contributed by atoms with Crippen molar-refractivity contribution >= 4 is 77.0 Å². The number of para-hydroxylation sites is 2. The van der Waals surface area contributed by atoms with Gasteiger partial charge in [-0.25, -0.2) is 4.98 Å². The van der Waals surface area contributed by atoms with Gasteiger partial charge in [0.15, 0.2) is 0 Å². The van der Waals surface area contributed by atoms with Crippen molar-refractivity contribution in [2.45, 2.75) is 94.9 Å². The van der Waals surface area contributed by atoms with E-state index in [0.717, 1.165) is 92.1 Å². The molecule has 0 saturated carbocycles. The zero-order valence-corrected chi connectivity index (χ0v) is 39.7. The van der Waals surface area contributed by atoms with Gasteiger partial charge in [0.2, 0.25) is 0 Å². The normalized spacial score (nSPS) is 12.2. The molecule has 0 atom stereocenters. The van der Waals surface area contributed by atoms with Crippen molar-refractivity contribution in [3.8, 4) is 0 Å². The van der Waals surface area contributed by atoms with Crippen LogP contribution in [0.1, 0.15) is 89.0 Å². The second-order valence-electron chi connectivity index (χ2n) is 18.8. The number of rotatable bonds is 8. The first-order chi connectivity index (χ1) is 28.8. The fourth-order valence-corrected chi connectivity index (χ4v) is 9.33. The number of nitrogens with zero attached hydrogens (tertiary/aromatic N) is 6. The third-order valence-corrected chi connectivity index (χ3v) is 11.7. The molecule has 0 fully saturated rings. The summed E-state index contributed by atoms with van der Waals surface area (Å²) in [6, 6.07) is 36.2. The fourth-order valence-electron chi connectivity index (χ4n) is 9.33. The van der Waals surface area contributed by atoms with E-state index in [1.165, 1.54) is 44.2 Å². The van der Waals surface area contributed by atoms with Crippen LogP contribution in [-0.4, -0.2) is 28.7 Å². The average Bonchev–Trinajstić information content (AvgIpc) is 3.76. The summed E-state index contributed by atoms with van der Waals surface area (Å²) in [4.78, 5) is 20.0. The van der Waals surface area contributed by atoms with Crippen molar-refractivity contribution in [3.63, 3.8) is 0 Å². The Kier molecular flexibility index (Phi) is 11.8. The molecule has 0 unspecified atom stereocenters. The summed E-state index contributed by atoms with van der Waals surface area (Å²) in [7, 11) is 0. The second kappa shape index (κ2) is 16.9.